The fourth-order valence-corrected chi connectivity index (χ4v) is 8.52. The van der Waals surface area contributed by atoms with Crippen LogP contribution in [-0.4, -0.2) is 20.0 Å². The third-order valence-corrected chi connectivity index (χ3v) is 10.7. The first-order chi connectivity index (χ1) is 16.9. The SMILES string of the molecule is CC(C)C.CCC(C(C)CCCC(C)C)C1(C)CCC2C(CC=C3CC(OCOC)CCC32C)C1C. The van der Waals surface area contributed by atoms with Crippen molar-refractivity contribution in [2.75, 3.05) is 13.9 Å². The van der Waals surface area contributed by atoms with Crippen molar-refractivity contribution in [1.82, 2.24) is 0 Å². The van der Waals surface area contributed by atoms with E-state index in [4.69, 9.17) is 9.47 Å². The predicted octanol–water partition coefficient (Wildman–Crippen LogP) is 10.3. The quantitative estimate of drug-likeness (QED) is 0.217. The van der Waals surface area contributed by atoms with Crippen molar-refractivity contribution in [3.63, 3.8) is 0 Å². The zero-order valence-corrected chi connectivity index (χ0v) is 26.3. The van der Waals surface area contributed by atoms with Crippen LogP contribution in [0.15, 0.2) is 11.6 Å². The molecule has 3 aliphatic carbocycles. The molecule has 3 aliphatic rings. The Hall–Kier alpha value is -0.340. The number of ether oxygens (including phenoxy) is 2. The Balaban J connectivity index is 0.00000106. The molecule has 0 spiro atoms. The minimum Gasteiger partial charge on any atom is -0.359 e. The molecular formula is C34H64O2. The first-order valence-electron chi connectivity index (χ1n) is 15.7. The molecule has 0 amide bonds. The second-order valence-electron chi connectivity index (χ2n) is 14.5. The summed E-state index contributed by atoms with van der Waals surface area (Å²) < 4.78 is 11.1. The van der Waals surface area contributed by atoms with E-state index in [0.29, 0.717) is 23.7 Å². The van der Waals surface area contributed by atoms with Crippen molar-refractivity contribution in [2.24, 2.45) is 52.3 Å². The van der Waals surface area contributed by atoms with E-state index in [1.807, 2.05) is 0 Å². The Kier molecular flexibility index (Phi) is 12.5. The maximum Gasteiger partial charge on any atom is 0.146 e. The van der Waals surface area contributed by atoms with Crippen molar-refractivity contribution in [3.05, 3.63) is 11.6 Å². The average Bonchev–Trinajstić information content (AvgIpc) is 2.80. The molecule has 0 aromatic heterocycles. The molecule has 36 heavy (non-hydrogen) atoms. The lowest BCUT2D eigenvalue weighted by Gasteiger charge is -2.60. The van der Waals surface area contributed by atoms with Crippen LogP contribution < -0.4 is 0 Å². The van der Waals surface area contributed by atoms with E-state index in [9.17, 15) is 0 Å². The van der Waals surface area contributed by atoms with Gasteiger partial charge in [-0.05, 0) is 90.8 Å². The third-order valence-electron chi connectivity index (χ3n) is 10.7. The van der Waals surface area contributed by atoms with E-state index in [0.717, 1.165) is 47.8 Å². The lowest BCUT2D eigenvalue weighted by molar-refractivity contribution is -0.105. The van der Waals surface area contributed by atoms with Gasteiger partial charge in [-0.25, -0.2) is 0 Å². The van der Waals surface area contributed by atoms with E-state index >= 15 is 0 Å². The highest BCUT2D eigenvalue weighted by molar-refractivity contribution is 5.25. The third kappa shape index (κ3) is 7.62. The fraction of sp³-hybridized carbons (Fsp3) is 0.941. The zero-order valence-electron chi connectivity index (χ0n) is 26.3. The van der Waals surface area contributed by atoms with E-state index < -0.39 is 0 Å². The second-order valence-corrected chi connectivity index (χ2v) is 14.5. The number of allylic oxidation sites excluding steroid dienone is 1. The fourth-order valence-electron chi connectivity index (χ4n) is 8.52. The molecule has 0 heterocycles. The molecular weight excluding hydrogens is 440 g/mol. The molecule has 0 saturated heterocycles. The lowest BCUT2D eigenvalue weighted by Crippen LogP contribution is -2.52. The van der Waals surface area contributed by atoms with Gasteiger partial charge in [0.05, 0.1) is 6.10 Å². The Morgan fingerprint density at radius 3 is 2.25 bits per heavy atom. The summed E-state index contributed by atoms with van der Waals surface area (Å²) >= 11 is 0. The highest BCUT2D eigenvalue weighted by Gasteiger charge is 2.55. The number of fused-ring (bicyclic) bond motifs is 3. The number of hydrogen-bond acceptors (Lipinski definition) is 2. The predicted molar refractivity (Wildman–Crippen MR) is 157 cm³/mol. The van der Waals surface area contributed by atoms with Crippen LogP contribution in [0.2, 0.25) is 0 Å². The Labute approximate surface area is 226 Å². The summed E-state index contributed by atoms with van der Waals surface area (Å²) in [5, 5.41) is 0. The van der Waals surface area contributed by atoms with Crippen LogP contribution in [0.3, 0.4) is 0 Å². The number of methoxy groups -OCH3 is 1. The molecule has 2 saturated carbocycles. The van der Waals surface area contributed by atoms with Gasteiger partial charge >= 0.3 is 0 Å². The van der Waals surface area contributed by atoms with Gasteiger partial charge in [-0.2, -0.15) is 0 Å². The molecule has 8 atom stereocenters. The van der Waals surface area contributed by atoms with Crippen LogP contribution in [0.25, 0.3) is 0 Å². The van der Waals surface area contributed by atoms with Gasteiger partial charge in [-0.1, -0.05) is 107 Å². The lowest BCUT2D eigenvalue weighted by atomic mass is 9.45. The normalized spacial score (nSPS) is 35.9. The minimum atomic E-state index is 0.355. The van der Waals surface area contributed by atoms with Gasteiger partial charge in [0.1, 0.15) is 6.79 Å². The van der Waals surface area contributed by atoms with Crippen LogP contribution in [0.1, 0.15) is 133 Å². The van der Waals surface area contributed by atoms with Gasteiger partial charge in [0.2, 0.25) is 0 Å². The van der Waals surface area contributed by atoms with Gasteiger partial charge < -0.3 is 9.47 Å². The van der Waals surface area contributed by atoms with Gasteiger partial charge in [0, 0.05) is 7.11 Å². The van der Waals surface area contributed by atoms with E-state index in [1.165, 1.54) is 57.8 Å². The summed E-state index contributed by atoms with van der Waals surface area (Å²) in [5.41, 5.74) is 2.60. The molecule has 0 N–H and O–H groups in total. The molecule has 0 bridgehead atoms. The van der Waals surface area contributed by atoms with Gasteiger partial charge in [-0.15, -0.1) is 0 Å². The first kappa shape index (κ1) is 31.9. The summed E-state index contributed by atoms with van der Waals surface area (Å²) in [5.74, 6) is 5.92. The Morgan fingerprint density at radius 1 is 1.00 bits per heavy atom. The summed E-state index contributed by atoms with van der Waals surface area (Å²) in [6.45, 7) is 24.6. The highest BCUT2D eigenvalue weighted by Crippen LogP contribution is 2.63. The van der Waals surface area contributed by atoms with Gasteiger partial charge in [-0.3, -0.25) is 0 Å². The van der Waals surface area contributed by atoms with E-state index in [-0.39, 0.29) is 0 Å². The molecule has 2 nitrogen and oxygen atoms in total. The summed E-state index contributed by atoms with van der Waals surface area (Å²) in [4.78, 5) is 0. The molecule has 2 fully saturated rings. The molecule has 212 valence electrons. The Bertz CT molecular complexity index is 663. The summed E-state index contributed by atoms with van der Waals surface area (Å²) in [6.07, 6.45) is 16.3. The minimum absolute atomic E-state index is 0.355. The largest absolute Gasteiger partial charge is 0.359 e. The van der Waals surface area contributed by atoms with Crippen LogP contribution >= 0.6 is 0 Å². The van der Waals surface area contributed by atoms with Gasteiger partial charge in [0.25, 0.3) is 0 Å². The monoisotopic (exact) mass is 504 g/mol. The standard InChI is InChI=1S/C30H54O2.C4H10/c1-9-27(22(4)12-10-11-21(2)3)29(6)18-16-28-26(23(29)5)14-13-24-19-25(32-20-31-8)15-17-30(24,28)7;1-4(2)3/h13,21-23,25-28H,9-12,14-20H2,1-8H3;4H,1-3H3. The van der Waals surface area contributed by atoms with Crippen LogP contribution in [-0.2, 0) is 9.47 Å². The van der Waals surface area contributed by atoms with Crippen LogP contribution in [0.4, 0.5) is 0 Å². The topological polar surface area (TPSA) is 18.5 Å². The smallest absolute Gasteiger partial charge is 0.146 e. The molecule has 3 rings (SSSR count). The number of hydrogen-bond donors (Lipinski definition) is 0. The van der Waals surface area contributed by atoms with Crippen molar-refractivity contribution < 1.29 is 9.47 Å². The summed E-state index contributed by atoms with van der Waals surface area (Å²) in [7, 11) is 1.73. The average molecular weight is 505 g/mol. The van der Waals surface area contributed by atoms with Crippen molar-refractivity contribution in [2.45, 2.75) is 140 Å². The van der Waals surface area contributed by atoms with Crippen molar-refractivity contribution in [3.8, 4) is 0 Å². The maximum atomic E-state index is 5.97. The Morgan fingerprint density at radius 2 is 1.67 bits per heavy atom. The van der Waals surface area contributed by atoms with Gasteiger partial charge in [0.15, 0.2) is 0 Å². The number of rotatable bonds is 10. The maximum absolute atomic E-state index is 5.97. The van der Waals surface area contributed by atoms with E-state index in [1.54, 1.807) is 12.7 Å². The van der Waals surface area contributed by atoms with E-state index in [2.05, 4.69) is 75.3 Å². The molecule has 2 heteroatoms. The van der Waals surface area contributed by atoms with Crippen molar-refractivity contribution in [1.29, 1.82) is 0 Å². The zero-order chi connectivity index (χ0) is 27.1. The second kappa shape index (κ2) is 14.2. The molecule has 0 aromatic rings. The molecule has 0 radical (unpaired) electrons. The first-order valence-corrected chi connectivity index (χ1v) is 15.7. The summed E-state index contributed by atoms with van der Waals surface area (Å²) in [6, 6.07) is 0. The highest BCUT2D eigenvalue weighted by atomic mass is 16.7. The van der Waals surface area contributed by atoms with Crippen LogP contribution in [0, 0.1) is 52.3 Å². The van der Waals surface area contributed by atoms with Crippen LogP contribution in [0.5, 0.6) is 0 Å². The molecule has 0 aliphatic heterocycles. The molecule has 8 unspecified atom stereocenters. The molecule has 0 aromatic carbocycles. The van der Waals surface area contributed by atoms with Crippen molar-refractivity contribution >= 4 is 0 Å².